The van der Waals surface area contributed by atoms with Crippen LogP contribution in [0.3, 0.4) is 0 Å². The third-order valence-electron chi connectivity index (χ3n) is 8.71. The average Bonchev–Trinajstić information content (AvgIpc) is 3.82. The highest BCUT2D eigenvalue weighted by Gasteiger charge is 2.34. The number of allylic oxidation sites excluding steroid dienone is 4. The molecule has 1 saturated carbocycles. The van der Waals surface area contributed by atoms with Gasteiger partial charge < -0.3 is 20.2 Å². The highest BCUT2D eigenvalue weighted by atomic mass is 32.2. The van der Waals surface area contributed by atoms with E-state index < -0.39 is 22.0 Å². The minimum absolute atomic E-state index is 0.129. The molecule has 10 nitrogen and oxygen atoms in total. The Morgan fingerprint density at radius 2 is 1.93 bits per heavy atom. The molecule has 3 atom stereocenters. The standard InChI is InChI=1S/C35H44N4O6S/c1-22-12-14-26(15-13-22)31-30(34(42)36-3)29-20-28(25-16-17-25)32(38-35(29)45-31)39(46(4,43)44)18-8-9-23(2)33(41)37-27(21-40)19-24-10-6-5-7-11-24/h5-7,10-12,14-15,20,22-23,25,27,40H,8-9,13,16-19,21H2,1-4H3,(H,36,42)(H,37,41). The summed E-state index contributed by atoms with van der Waals surface area (Å²) in [5.74, 6) is 0.358. The van der Waals surface area contributed by atoms with Crippen LogP contribution in [0.1, 0.15) is 79.1 Å². The van der Waals surface area contributed by atoms with Gasteiger partial charge in [0.2, 0.25) is 21.6 Å². The number of benzene rings is 1. The molecule has 11 heteroatoms. The number of aliphatic hydroxyl groups excluding tert-OH is 1. The van der Waals surface area contributed by atoms with Crippen LogP contribution >= 0.6 is 0 Å². The molecule has 2 aliphatic carbocycles. The van der Waals surface area contributed by atoms with Gasteiger partial charge in [0.15, 0.2) is 0 Å². The lowest BCUT2D eigenvalue weighted by Crippen LogP contribution is -2.42. The Hall–Kier alpha value is -3.96. The number of nitrogens with zero attached hydrogens (tertiary/aromatic N) is 2. The van der Waals surface area contributed by atoms with Crippen LogP contribution in [0.25, 0.3) is 16.7 Å². The van der Waals surface area contributed by atoms with Crippen molar-refractivity contribution < 1.29 is 27.5 Å². The SMILES string of the molecule is CNC(=O)c1c(C2=CCC(C)C=C2)oc2nc(N(CCCC(C)C(=O)NC(CO)Cc3ccccc3)S(C)(=O)=O)c(C3CC3)cc12. The average molecular weight is 649 g/mol. The van der Waals surface area contributed by atoms with E-state index in [2.05, 4.69) is 23.6 Å². The van der Waals surface area contributed by atoms with Gasteiger partial charge in [-0.25, -0.2) is 8.42 Å². The van der Waals surface area contributed by atoms with Crippen molar-refractivity contribution in [3.05, 3.63) is 77.1 Å². The van der Waals surface area contributed by atoms with Crippen LogP contribution in [-0.2, 0) is 21.2 Å². The first-order chi connectivity index (χ1) is 22.0. The molecule has 0 saturated heterocycles. The molecule has 2 aliphatic rings. The number of carbonyl (C=O) groups is 2. The number of furan rings is 1. The third-order valence-corrected chi connectivity index (χ3v) is 9.87. The molecule has 3 N–H and O–H groups in total. The number of aromatic nitrogens is 1. The van der Waals surface area contributed by atoms with E-state index in [1.807, 2.05) is 48.6 Å². The van der Waals surface area contributed by atoms with E-state index in [0.717, 1.165) is 42.2 Å². The molecule has 2 heterocycles. The molecular formula is C35H44N4O6S. The number of aliphatic hydroxyl groups is 1. The first kappa shape index (κ1) is 33.4. The first-order valence-corrected chi connectivity index (χ1v) is 17.9. The topological polar surface area (TPSA) is 142 Å². The molecule has 246 valence electrons. The molecule has 0 spiro atoms. The molecular weight excluding hydrogens is 604 g/mol. The van der Waals surface area contributed by atoms with E-state index in [-0.39, 0.29) is 36.6 Å². The maximum atomic E-state index is 13.2. The molecule has 0 aliphatic heterocycles. The van der Waals surface area contributed by atoms with E-state index in [1.165, 1.54) is 4.31 Å². The minimum Gasteiger partial charge on any atom is -0.437 e. The lowest BCUT2D eigenvalue weighted by Gasteiger charge is -2.25. The van der Waals surface area contributed by atoms with Crippen LogP contribution < -0.4 is 14.9 Å². The van der Waals surface area contributed by atoms with Crippen molar-refractivity contribution in [2.45, 2.75) is 64.3 Å². The molecule has 5 rings (SSSR count). The summed E-state index contributed by atoms with van der Waals surface area (Å²) in [5.41, 5.74) is 3.18. The Balaban J connectivity index is 1.38. The molecule has 1 aromatic carbocycles. The molecule has 2 amide bonds. The first-order valence-electron chi connectivity index (χ1n) is 16.0. The third kappa shape index (κ3) is 7.70. The van der Waals surface area contributed by atoms with Gasteiger partial charge >= 0.3 is 0 Å². The quantitative estimate of drug-likeness (QED) is 0.225. The van der Waals surface area contributed by atoms with E-state index in [9.17, 15) is 23.1 Å². The zero-order valence-electron chi connectivity index (χ0n) is 27.0. The number of sulfonamides is 1. The van der Waals surface area contributed by atoms with Gasteiger partial charge in [-0.1, -0.05) is 62.4 Å². The van der Waals surface area contributed by atoms with Crippen LogP contribution in [0.2, 0.25) is 0 Å². The highest BCUT2D eigenvalue weighted by Crippen LogP contribution is 2.46. The summed E-state index contributed by atoms with van der Waals surface area (Å²) in [6.07, 6.45) is 11.2. The second-order valence-corrected chi connectivity index (χ2v) is 14.5. The number of hydrogen-bond donors (Lipinski definition) is 3. The Kier molecular flexibility index (Phi) is 10.3. The zero-order valence-corrected chi connectivity index (χ0v) is 27.8. The van der Waals surface area contributed by atoms with E-state index in [0.29, 0.717) is 47.7 Å². The second kappa shape index (κ2) is 14.2. The fraction of sp³-hybridized carbons (Fsp3) is 0.457. The largest absolute Gasteiger partial charge is 0.437 e. The number of pyridine rings is 1. The predicted molar refractivity (Wildman–Crippen MR) is 180 cm³/mol. The van der Waals surface area contributed by atoms with Gasteiger partial charge in [-0.05, 0) is 67.6 Å². The van der Waals surface area contributed by atoms with Gasteiger partial charge in [-0.15, -0.1) is 0 Å². The molecule has 3 aromatic rings. The number of rotatable bonds is 14. The lowest BCUT2D eigenvalue weighted by molar-refractivity contribution is -0.125. The van der Waals surface area contributed by atoms with Crippen LogP contribution in [0.15, 0.2) is 59.0 Å². The van der Waals surface area contributed by atoms with Crippen molar-refractivity contribution in [3.63, 3.8) is 0 Å². The van der Waals surface area contributed by atoms with Crippen molar-refractivity contribution in [2.24, 2.45) is 11.8 Å². The van der Waals surface area contributed by atoms with Gasteiger partial charge in [0.05, 0.1) is 29.9 Å². The molecule has 3 unspecified atom stereocenters. The normalized spacial score (nSPS) is 17.8. The summed E-state index contributed by atoms with van der Waals surface area (Å²) in [4.78, 5) is 30.9. The molecule has 0 radical (unpaired) electrons. The van der Waals surface area contributed by atoms with Crippen LogP contribution in [0.4, 0.5) is 5.82 Å². The monoisotopic (exact) mass is 648 g/mol. The maximum Gasteiger partial charge on any atom is 0.255 e. The fourth-order valence-corrected chi connectivity index (χ4v) is 6.80. The number of anilines is 1. The fourth-order valence-electron chi connectivity index (χ4n) is 5.88. The van der Waals surface area contributed by atoms with Crippen LogP contribution in [0, 0.1) is 11.8 Å². The number of carbonyl (C=O) groups excluding carboxylic acids is 2. The molecule has 2 aromatic heterocycles. The second-order valence-electron chi connectivity index (χ2n) is 12.6. The van der Waals surface area contributed by atoms with Gasteiger partial charge in [0.1, 0.15) is 11.6 Å². The molecule has 1 fully saturated rings. The maximum absolute atomic E-state index is 13.2. The van der Waals surface area contributed by atoms with Gasteiger partial charge in [-0.3, -0.25) is 13.9 Å². The Morgan fingerprint density at radius 1 is 1.20 bits per heavy atom. The Morgan fingerprint density at radius 3 is 2.54 bits per heavy atom. The summed E-state index contributed by atoms with van der Waals surface area (Å²) >= 11 is 0. The number of hydrogen-bond acceptors (Lipinski definition) is 7. The van der Waals surface area contributed by atoms with Gasteiger partial charge in [-0.2, -0.15) is 4.98 Å². The Labute approximate surface area is 271 Å². The predicted octanol–water partition coefficient (Wildman–Crippen LogP) is 4.95. The van der Waals surface area contributed by atoms with Crippen molar-refractivity contribution in [2.75, 3.05) is 30.8 Å². The zero-order chi connectivity index (χ0) is 33.0. The summed E-state index contributed by atoms with van der Waals surface area (Å²) in [5, 5.41) is 16.1. The van der Waals surface area contributed by atoms with Crippen LogP contribution in [0.5, 0.6) is 0 Å². The number of fused-ring (bicyclic) bond motifs is 1. The van der Waals surface area contributed by atoms with Crippen molar-refractivity contribution >= 4 is 44.3 Å². The highest BCUT2D eigenvalue weighted by molar-refractivity contribution is 7.92. The van der Waals surface area contributed by atoms with Crippen molar-refractivity contribution in [3.8, 4) is 0 Å². The summed E-state index contributed by atoms with van der Waals surface area (Å²) in [6.45, 7) is 3.86. The number of nitrogens with one attached hydrogen (secondary N) is 2. The van der Waals surface area contributed by atoms with Gasteiger partial charge in [0, 0.05) is 25.1 Å². The van der Waals surface area contributed by atoms with E-state index in [4.69, 9.17) is 9.40 Å². The molecule has 46 heavy (non-hydrogen) atoms. The van der Waals surface area contributed by atoms with Crippen molar-refractivity contribution in [1.29, 1.82) is 0 Å². The summed E-state index contributed by atoms with van der Waals surface area (Å²) < 4.78 is 33.9. The molecule has 0 bridgehead atoms. The lowest BCUT2D eigenvalue weighted by atomic mass is 9.95. The minimum atomic E-state index is -3.75. The van der Waals surface area contributed by atoms with Crippen LogP contribution in [-0.4, -0.2) is 62.8 Å². The smallest absolute Gasteiger partial charge is 0.255 e. The number of amides is 2. The van der Waals surface area contributed by atoms with E-state index >= 15 is 0 Å². The summed E-state index contributed by atoms with van der Waals surface area (Å²) in [6, 6.07) is 11.1. The van der Waals surface area contributed by atoms with E-state index in [1.54, 1.807) is 14.0 Å². The van der Waals surface area contributed by atoms with Crippen molar-refractivity contribution in [1.82, 2.24) is 15.6 Å². The Bertz CT molecular complexity index is 1740. The summed E-state index contributed by atoms with van der Waals surface area (Å²) in [7, 11) is -2.18. The van der Waals surface area contributed by atoms with Gasteiger partial charge in [0.25, 0.3) is 5.91 Å².